The van der Waals surface area contributed by atoms with E-state index in [9.17, 15) is 8.42 Å². The van der Waals surface area contributed by atoms with E-state index in [0.717, 1.165) is 12.8 Å². The second-order valence-corrected chi connectivity index (χ2v) is 6.58. The third-order valence-electron chi connectivity index (χ3n) is 3.34. The summed E-state index contributed by atoms with van der Waals surface area (Å²) in [4.78, 5) is 0.340. The van der Waals surface area contributed by atoms with Crippen molar-refractivity contribution in [2.75, 3.05) is 0 Å². The minimum absolute atomic E-state index is 0.340. The van der Waals surface area contributed by atoms with Crippen LogP contribution in [-0.2, 0) is 9.84 Å². The van der Waals surface area contributed by atoms with Gasteiger partial charge in [0.25, 0.3) is 0 Å². The maximum atomic E-state index is 12.4. The predicted molar refractivity (Wildman–Crippen MR) is 65.0 cm³/mol. The van der Waals surface area contributed by atoms with Crippen molar-refractivity contribution < 1.29 is 8.42 Å². The van der Waals surface area contributed by atoms with Crippen LogP contribution in [0.2, 0.25) is 0 Å². The number of hydrogen-bond acceptors (Lipinski definition) is 3. The summed E-state index contributed by atoms with van der Waals surface area (Å²) in [5.41, 5.74) is 0. The number of nitriles is 1. The highest BCUT2D eigenvalue weighted by atomic mass is 32.2. The first kappa shape index (κ1) is 12.1. The first-order chi connectivity index (χ1) is 8.16. The fourth-order valence-corrected chi connectivity index (χ4v) is 4.39. The molecular weight excluding hydrogens is 234 g/mol. The van der Waals surface area contributed by atoms with Crippen LogP contribution in [0.1, 0.15) is 25.7 Å². The third-order valence-corrected chi connectivity index (χ3v) is 5.63. The molecular formula is C13H15NO2S. The Labute approximate surface area is 102 Å². The summed E-state index contributed by atoms with van der Waals surface area (Å²) < 4.78 is 24.8. The molecule has 0 heterocycles. The van der Waals surface area contributed by atoms with Crippen LogP contribution in [0.25, 0.3) is 0 Å². The van der Waals surface area contributed by atoms with Crippen LogP contribution in [0.3, 0.4) is 0 Å². The molecule has 2 unspecified atom stereocenters. The highest BCUT2D eigenvalue weighted by molar-refractivity contribution is 7.92. The van der Waals surface area contributed by atoms with Crippen molar-refractivity contribution >= 4 is 9.84 Å². The molecule has 0 aliphatic heterocycles. The predicted octanol–water partition coefficient (Wildman–Crippen LogP) is 2.54. The van der Waals surface area contributed by atoms with Gasteiger partial charge in [0.2, 0.25) is 0 Å². The zero-order valence-corrected chi connectivity index (χ0v) is 10.4. The largest absolute Gasteiger partial charge is 0.223 e. The smallest absolute Gasteiger partial charge is 0.182 e. The molecule has 1 aliphatic carbocycles. The normalized spacial score (nSPS) is 25.1. The number of benzene rings is 1. The van der Waals surface area contributed by atoms with Gasteiger partial charge >= 0.3 is 0 Å². The quantitative estimate of drug-likeness (QED) is 0.809. The number of rotatable bonds is 2. The Morgan fingerprint density at radius 1 is 1.12 bits per heavy atom. The number of hydrogen-bond donors (Lipinski definition) is 0. The van der Waals surface area contributed by atoms with E-state index in [1.165, 1.54) is 0 Å². The molecule has 0 aromatic heterocycles. The van der Waals surface area contributed by atoms with Crippen molar-refractivity contribution in [2.45, 2.75) is 35.8 Å². The SMILES string of the molecule is N#CC1CCCCC1S(=O)(=O)c1ccccc1. The average Bonchev–Trinajstić information content (AvgIpc) is 2.39. The molecule has 1 saturated carbocycles. The maximum Gasteiger partial charge on any atom is 0.182 e. The van der Waals surface area contributed by atoms with Gasteiger partial charge < -0.3 is 0 Å². The monoisotopic (exact) mass is 249 g/mol. The van der Waals surface area contributed by atoms with Gasteiger partial charge in [-0.2, -0.15) is 5.26 Å². The molecule has 1 aliphatic rings. The van der Waals surface area contributed by atoms with E-state index < -0.39 is 15.1 Å². The van der Waals surface area contributed by atoms with Crippen molar-refractivity contribution in [1.29, 1.82) is 5.26 Å². The van der Waals surface area contributed by atoms with Gasteiger partial charge in [-0.25, -0.2) is 8.42 Å². The molecule has 2 rings (SSSR count). The molecule has 1 aromatic rings. The topological polar surface area (TPSA) is 57.9 Å². The van der Waals surface area contributed by atoms with Crippen LogP contribution < -0.4 is 0 Å². The van der Waals surface area contributed by atoms with E-state index in [4.69, 9.17) is 5.26 Å². The van der Waals surface area contributed by atoms with Gasteiger partial charge in [-0.3, -0.25) is 0 Å². The van der Waals surface area contributed by atoms with Crippen molar-refractivity contribution in [2.24, 2.45) is 5.92 Å². The first-order valence-electron chi connectivity index (χ1n) is 5.85. The van der Waals surface area contributed by atoms with Gasteiger partial charge in [0.1, 0.15) is 0 Å². The summed E-state index contributed by atoms with van der Waals surface area (Å²) >= 11 is 0. The molecule has 1 aromatic carbocycles. The van der Waals surface area contributed by atoms with Gasteiger partial charge in [-0.15, -0.1) is 0 Å². The lowest BCUT2D eigenvalue weighted by Crippen LogP contribution is -2.32. The Balaban J connectivity index is 2.35. The zero-order chi connectivity index (χ0) is 12.3. The highest BCUT2D eigenvalue weighted by Crippen LogP contribution is 2.32. The highest BCUT2D eigenvalue weighted by Gasteiger charge is 2.36. The Bertz CT molecular complexity index is 516. The molecule has 0 radical (unpaired) electrons. The summed E-state index contributed by atoms with van der Waals surface area (Å²) in [6.07, 6.45) is 3.16. The van der Waals surface area contributed by atoms with E-state index in [1.807, 2.05) is 0 Å². The van der Waals surface area contributed by atoms with Crippen LogP contribution in [-0.4, -0.2) is 13.7 Å². The van der Waals surface area contributed by atoms with Gasteiger partial charge in [0, 0.05) is 0 Å². The summed E-state index contributed by atoms with van der Waals surface area (Å²) in [5.74, 6) is -0.353. The maximum absolute atomic E-state index is 12.4. The summed E-state index contributed by atoms with van der Waals surface area (Å²) in [7, 11) is -3.35. The first-order valence-corrected chi connectivity index (χ1v) is 7.39. The second kappa shape index (κ2) is 4.89. The molecule has 4 heteroatoms. The minimum Gasteiger partial charge on any atom is -0.223 e. The van der Waals surface area contributed by atoms with Gasteiger partial charge in [-0.05, 0) is 25.0 Å². The van der Waals surface area contributed by atoms with Crippen molar-refractivity contribution in [3.05, 3.63) is 30.3 Å². The van der Waals surface area contributed by atoms with E-state index in [0.29, 0.717) is 17.7 Å². The molecule has 0 saturated heterocycles. The van der Waals surface area contributed by atoms with Crippen LogP contribution >= 0.6 is 0 Å². The Morgan fingerprint density at radius 2 is 1.76 bits per heavy atom. The summed E-state index contributed by atoms with van der Waals surface area (Å²) in [6, 6.07) is 10.6. The zero-order valence-electron chi connectivity index (χ0n) is 9.54. The van der Waals surface area contributed by atoms with Crippen molar-refractivity contribution in [3.8, 4) is 6.07 Å². The average molecular weight is 249 g/mol. The lowest BCUT2D eigenvalue weighted by molar-refractivity contribution is 0.418. The van der Waals surface area contributed by atoms with Crippen LogP contribution in [0, 0.1) is 17.2 Å². The Hall–Kier alpha value is -1.34. The van der Waals surface area contributed by atoms with Crippen LogP contribution in [0.15, 0.2) is 35.2 Å². The fourth-order valence-electron chi connectivity index (χ4n) is 2.40. The van der Waals surface area contributed by atoms with Crippen LogP contribution in [0.5, 0.6) is 0 Å². The molecule has 2 atom stereocenters. The fraction of sp³-hybridized carbons (Fsp3) is 0.462. The molecule has 0 bridgehead atoms. The van der Waals surface area contributed by atoms with Gasteiger partial charge in [0.15, 0.2) is 9.84 Å². The lowest BCUT2D eigenvalue weighted by atomic mass is 9.90. The summed E-state index contributed by atoms with van der Waals surface area (Å²) in [6.45, 7) is 0. The van der Waals surface area contributed by atoms with Gasteiger partial charge in [-0.1, -0.05) is 31.0 Å². The van der Waals surface area contributed by atoms with Gasteiger partial charge in [0.05, 0.1) is 22.1 Å². The van der Waals surface area contributed by atoms with Crippen molar-refractivity contribution in [3.63, 3.8) is 0 Å². The molecule has 90 valence electrons. The summed E-state index contributed by atoms with van der Waals surface area (Å²) in [5, 5.41) is 8.53. The molecule has 1 fully saturated rings. The molecule has 0 amide bonds. The second-order valence-electron chi connectivity index (χ2n) is 4.42. The van der Waals surface area contributed by atoms with Crippen LogP contribution in [0.4, 0.5) is 0 Å². The standard InChI is InChI=1S/C13H15NO2S/c14-10-11-6-4-5-9-13(11)17(15,16)12-7-2-1-3-8-12/h1-3,7-8,11,13H,4-6,9H2. The van der Waals surface area contributed by atoms with E-state index in [2.05, 4.69) is 6.07 Å². The molecule has 3 nitrogen and oxygen atoms in total. The van der Waals surface area contributed by atoms with Crippen molar-refractivity contribution in [1.82, 2.24) is 0 Å². The lowest BCUT2D eigenvalue weighted by Gasteiger charge is -2.26. The molecule has 0 N–H and O–H groups in total. The van der Waals surface area contributed by atoms with E-state index in [1.54, 1.807) is 30.3 Å². The van der Waals surface area contributed by atoms with E-state index in [-0.39, 0.29) is 5.92 Å². The third kappa shape index (κ3) is 2.34. The molecule has 0 spiro atoms. The Kier molecular flexibility index (Phi) is 3.49. The molecule has 17 heavy (non-hydrogen) atoms. The number of nitrogens with zero attached hydrogens (tertiary/aromatic N) is 1. The van der Waals surface area contributed by atoms with E-state index >= 15 is 0 Å². The Morgan fingerprint density at radius 3 is 2.41 bits per heavy atom. The minimum atomic E-state index is -3.35. The number of sulfone groups is 1.